The molecule has 7 heteroatoms. The average molecular weight is 412 g/mol. The summed E-state index contributed by atoms with van der Waals surface area (Å²) in [6.45, 7) is 1.45. The van der Waals surface area contributed by atoms with Gasteiger partial charge in [0.15, 0.2) is 6.61 Å². The van der Waals surface area contributed by atoms with E-state index in [4.69, 9.17) is 22.1 Å². The lowest BCUT2D eigenvalue weighted by atomic mass is 10.1. The summed E-state index contributed by atoms with van der Waals surface area (Å²) >= 11 is 9.21. The Hall–Kier alpha value is -2.05. The van der Waals surface area contributed by atoms with E-state index in [1.54, 1.807) is 0 Å². The smallest absolute Gasteiger partial charge is 0.340 e. The number of carbonyl (C=O) groups excluding carboxylic acids is 2. The van der Waals surface area contributed by atoms with Crippen molar-refractivity contribution in [1.82, 2.24) is 5.32 Å². The Kier molecular flexibility index (Phi) is 6.23. The van der Waals surface area contributed by atoms with Crippen LogP contribution < -0.4 is 11.1 Å². The molecule has 126 valence electrons. The van der Waals surface area contributed by atoms with Crippen molar-refractivity contribution in [2.24, 2.45) is 0 Å². The fourth-order valence-corrected chi connectivity index (χ4v) is 2.92. The molecule has 2 aromatic rings. The van der Waals surface area contributed by atoms with E-state index in [0.717, 1.165) is 10.0 Å². The number of nitrogen functional groups attached to an aromatic ring is 1. The molecule has 24 heavy (non-hydrogen) atoms. The van der Waals surface area contributed by atoms with E-state index < -0.39 is 18.5 Å². The van der Waals surface area contributed by atoms with Crippen LogP contribution in [-0.2, 0) is 9.53 Å². The number of carbonyl (C=O) groups is 2. The van der Waals surface area contributed by atoms with E-state index in [0.29, 0.717) is 5.02 Å². The summed E-state index contributed by atoms with van der Waals surface area (Å²) in [5.74, 6) is -1.08. The maximum absolute atomic E-state index is 12.0. The molecule has 1 atom stereocenters. The Bertz CT molecular complexity index is 767. The molecule has 0 heterocycles. The summed E-state index contributed by atoms with van der Waals surface area (Å²) in [6.07, 6.45) is 0. The lowest BCUT2D eigenvalue weighted by Gasteiger charge is -2.16. The zero-order valence-electron chi connectivity index (χ0n) is 12.9. The summed E-state index contributed by atoms with van der Waals surface area (Å²) in [4.78, 5) is 23.9. The van der Waals surface area contributed by atoms with Gasteiger partial charge in [-0.15, -0.1) is 0 Å². The number of rotatable bonds is 5. The van der Waals surface area contributed by atoms with Gasteiger partial charge >= 0.3 is 5.97 Å². The van der Waals surface area contributed by atoms with Gasteiger partial charge in [0.2, 0.25) is 0 Å². The normalized spacial score (nSPS) is 11.6. The molecule has 0 spiro atoms. The molecule has 2 rings (SSSR count). The second kappa shape index (κ2) is 8.17. The maximum Gasteiger partial charge on any atom is 0.340 e. The molecular formula is C17H16BrClN2O3. The Balaban J connectivity index is 1.91. The number of benzene rings is 2. The molecule has 0 fully saturated rings. The van der Waals surface area contributed by atoms with E-state index in [9.17, 15) is 9.59 Å². The number of hydrogen-bond donors (Lipinski definition) is 2. The van der Waals surface area contributed by atoms with Gasteiger partial charge < -0.3 is 15.8 Å². The van der Waals surface area contributed by atoms with Crippen molar-refractivity contribution >= 4 is 45.1 Å². The first kappa shape index (κ1) is 18.3. The third-order valence-electron chi connectivity index (χ3n) is 3.32. The van der Waals surface area contributed by atoms with Gasteiger partial charge in [0.05, 0.1) is 11.6 Å². The van der Waals surface area contributed by atoms with Crippen LogP contribution in [-0.4, -0.2) is 18.5 Å². The van der Waals surface area contributed by atoms with E-state index in [2.05, 4.69) is 21.2 Å². The van der Waals surface area contributed by atoms with Crippen LogP contribution in [0.4, 0.5) is 5.69 Å². The number of ether oxygens (including phenoxy) is 1. The number of hydrogen-bond acceptors (Lipinski definition) is 4. The van der Waals surface area contributed by atoms with Gasteiger partial charge in [-0.1, -0.05) is 45.7 Å². The fourth-order valence-electron chi connectivity index (χ4n) is 2.12. The number of nitrogens with one attached hydrogen (secondary N) is 1. The van der Waals surface area contributed by atoms with Crippen molar-refractivity contribution in [1.29, 1.82) is 0 Å². The number of esters is 1. The molecule has 0 radical (unpaired) electrons. The lowest BCUT2D eigenvalue weighted by Crippen LogP contribution is -2.31. The van der Waals surface area contributed by atoms with Gasteiger partial charge in [0.25, 0.3) is 5.91 Å². The van der Waals surface area contributed by atoms with Gasteiger partial charge in [0, 0.05) is 15.2 Å². The Labute approximate surface area is 153 Å². The van der Waals surface area contributed by atoms with E-state index in [-0.39, 0.29) is 17.3 Å². The molecule has 0 aromatic heterocycles. The van der Waals surface area contributed by atoms with E-state index >= 15 is 0 Å². The fraction of sp³-hybridized carbons (Fsp3) is 0.176. The predicted molar refractivity (Wildman–Crippen MR) is 96.8 cm³/mol. The summed E-state index contributed by atoms with van der Waals surface area (Å²) in [5, 5.41) is 3.19. The van der Waals surface area contributed by atoms with Crippen molar-refractivity contribution in [3.05, 3.63) is 63.1 Å². The number of nitrogens with two attached hydrogens (primary N) is 1. The quantitative estimate of drug-likeness (QED) is 0.580. The third kappa shape index (κ3) is 4.72. The second-order valence-corrected chi connectivity index (χ2v) is 6.41. The van der Waals surface area contributed by atoms with Crippen molar-refractivity contribution < 1.29 is 14.3 Å². The van der Waals surface area contributed by atoms with Crippen LogP contribution in [0.25, 0.3) is 0 Å². The molecule has 0 aliphatic rings. The van der Waals surface area contributed by atoms with Crippen LogP contribution in [0.15, 0.2) is 46.9 Å². The van der Waals surface area contributed by atoms with Crippen LogP contribution in [0.5, 0.6) is 0 Å². The SMILES string of the molecule is C[C@H](NC(=O)COC(=O)c1ccc(Cl)cc1N)c1ccccc1Br. The first-order valence-corrected chi connectivity index (χ1v) is 8.31. The highest BCUT2D eigenvalue weighted by molar-refractivity contribution is 9.10. The number of amides is 1. The number of anilines is 1. The zero-order chi connectivity index (χ0) is 17.7. The van der Waals surface area contributed by atoms with Gasteiger partial charge in [0.1, 0.15) is 0 Å². The zero-order valence-corrected chi connectivity index (χ0v) is 15.2. The average Bonchev–Trinajstić information content (AvgIpc) is 2.53. The maximum atomic E-state index is 12.0. The second-order valence-electron chi connectivity index (χ2n) is 5.12. The minimum Gasteiger partial charge on any atom is -0.452 e. The highest BCUT2D eigenvalue weighted by Crippen LogP contribution is 2.22. The minimum atomic E-state index is -0.673. The van der Waals surface area contributed by atoms with Crippen LogP contribution in [0.2, 0.25) is 5.02 Å². The lowest BCUT2D eigenvalue weighted by molar-refractivity contribution is -0.124. The highest BCUT2D eigenvalue weighted by Gasteiger charge is 2.16. The summed E-state index contributed by atoms with van der Waals surface area (Å²) in [6, 6.07) is 11.8. The summed E-state index contributed by atoms with van der Waals surface area (Å²) < 4.78 is 5.88. The van der Waals surface area contributed by atoms with Gasteiger partial charge in [-0.2, -0.15) is 0 Å². The van der Waals surface area contributed by atoms with E-state index in [1.807, 2.05) is 31.2 Å². The molecule has 0 bridgehead atoms. The monoisotopic (exact) mass is 410 g/mol. The first-order valence-electron chi connectivity index (χ1n) is 7.14. The predicted octanol–water partition coefficient (Wildman–Crippen LogP) is 3.72. The van der Waals surface area contributed by atoms with Crippen LogP contribution >= 0.6 is 27.5 Å². The van der Waals surface area contributed by atoms with Crippen molar-refractivity contribution in [3.63, 3.8) is 0 Å². The molecule has 0 unspecified atom stereocenters. The Morgan fingerprint density at radius 2 is 2.00 bits per heavy atom. The standard InChI is InChI=1S/C17H16BrClN2O3/c1-10(12-4-2-3-5-14(12)18)21-16(22)9-24-17(23)13-7-6-11(19)8-15(13)20/h2-8,10H,9,20H2,1H3,(H,21,22)/t10-/m0/s1. The Morgan fingerprint density at radius 1 is 1.29 bits per heavy atom. The molecular weight excluding hydrogens is 396 g/mol. The molecule has 0 saturated heterocycles. The van der Waals surface area contributed by atoms with Crippen LogP contribution in [0, 0.1) is 0 Å². The minimum absolute atomic E-state index is 0.172. The molecule has 5 nitrogen and oxygen atoms in total. The van der Waals surface area contributed by atoms with Gasteiger partial charge in [-0.25, -0.2) is 4.79 Å². The molecule has 0 aliphatic heterocycles. The molecule has 0 aliphatic carbocycles. The molecule has 2 aromatic carbocycles. The first-order chi connectivity index (χ1) is 11.4. The van der Waals surface area contributed by atoms with E-state index in [1.165, 1.54) is 18.2 Å². The van der Waals surface area contributed by atoms with Crippen molar-refractivity contribution in [2.45, 2.75) is 13.0 Å². The van der Waals surface area contributed by atoms with Crippen molar-refractivity contribution in [2.75, 3.05) is 12.3 Å². The largest absolute Gasteiger partial charge is 0.452 e. The topological polar surface area (TPSA) is 81.4 Å². The van der Waals surface area contributed by atoms with Crippen LogP contribution in [0.3, 0.4) is 0 Å². The third-order valence-corrected chi connectivity index (χ3v) is 4.27. The summed E-state index contributed by atoms with van der Waals surface area (Å²) in [7, 11) is 0. The van der Waals surface area contributed by atoms with Crippen LogP contribution in [0.1, 0.15) is 28.9 Å². The number of halogens is 2. The highest BCUT2D eigenvalue weighted by atomic mass is 79.9. The Morgan fingerprint density at radius 3 is 2.67 bits per heavy atom. The van der Waals surface area contributed by atoms with Crippen molar-refractivity contribution in [3.8, 4) is 0 Å². The molecule has 0 saturated carbocycles. The van der Waals surface area contributed by atoms with Gasteiger partial charge in [-0.3, -0.25) is 4.79 Å². The molecule has 3 N–H and O–H groups in total. The van der Waals surface area contributed by atoms with Gasteiger partial charge in [-0.05, 0) is 36.8 Å². The molecule has 1 amide bonds. The summed E-state index contributed by atoms with van der Waals surface area (Å²) in [5.41, 5.74) is 7.02.